The van der Waals surface area contributed by atoms with Crippen LogP contribution in [0.5, 0.6) is 0 Å². The Bertz CT molecular complexity index is 304. The number of nitrogens with zero attached hydrogens (tertiary/aromatic N) is 1. The standard InChI is InChI=1S/C14H26N2O2/c1-14(15,13(17)18-2)8-10-16-9-4-6-11-5-3-7-12(11)16/h11-12H,3-10,15H2,1-2H3. The predicted molar refractivity (Wildman–Crippen MR) is 71.2 cm³/mol. The number of hydrogen-bond acceptors (Lipinski definition) is 4. The van der Waals surface area contributed by atoms with Gasteiger partial charge in [-0.2, -0.15) is 0 Å². The molecule has 1 aliphatic heterocycles. The van der Waals surface area contributed by atoms with Gasteiger partial charge in [0, 0.05) is 12.6 Å². The normalized spacial score (nSPS) is 31.7. The zero-order valence-electron chi connectivity index (χ0n) is 11.7. The first-order valence-electron chi connectivity index (χ1n) is 7.16. The highest BCUT2D eigenvalue weighted by molar-refractivity contribution is 5.79. The maximum absolute atomic E-state index is 11.6. The van der Waals surface area contributed by atoms with Crippen LogP contribution in [0.2, 0.25) is 0 Å². The van der Waals surface area contributed by atoms with Crippen molar-refractivity contribution in [2.24, 2.45) is 11.7 Å². The maximum Gasteiger partial charge on any atom is 0.325 e. The lowest BCUT2D eigenvalue weighted by Crippen LogP contribution is -2.50. The van der Waals surface area contributed by atoms with Gasteiger partial charge in [0.15, 0.2) is 0 Å². The van der Waals surface area contributed by atoms with E-state index >= 15 is 0 Å². The number of rotatable bonds is 4. The van der Waals surface area contributed by atoms with Crippen LogP contribution in [0, 0.1) is 5.92 Å². The molecule has 0 radical (unpaired) electrons. The summed E-state index contributed by atoms with van der Waals surface area (Å²) in [4.78, 5) is 14.1. The van der Waals surface area contributed by atoms with Crippen molar-refractivity contribution in [3.63, 3.8) is 0 Å². The number of hydrogen-bond donors (Lipinski definition) is 1. The first kappa shape index (κ1) is 13.8. The first-order valence-corrected chi connectivity index (χ1v) is 7.16. The molecule has 2 N–H and O–H groups in total. The Kier molecular flexibility index (Phi) is 4.28. The second-order valence-corrected chi connectivity index (χ2v) is 6.10. The highest BCUT2D eigenvalue weighted by Crippen LogP contribution is 2.36. The van der Waals surface area contributed by atoms with E-state index in [1.165, 1.54) is 45.8 Å². The third-order valence-electron chi connectivity index (χ3n) is 4.68. The number of likely N-dealkylation sites (tertiary alicyclic amines) is 1. The van der Waals surface area contributed by atoms with Gasteiger partial charge in [0.2, 0.25) is 0 Å². The Balaban J connectivity index is 1.87. The van der Waals surface area contributed by atoms with Gasteiger partial charge in [0.25, 0.3) is 0 Å². The molecule has 0 bridgehead atoms. The molecule has 2 rings (SSSR count). The van der Waals surface area contributed by atoms with E-state index in [0.29, 0.717) is 6.42 Å². The molecule has 1 aliphatic carbocycles. The second-order valence-electron chi connectivity index (χ2n) is 6.10. The van der Waals surface area contributed by atoms with Crippen LogP contribution >= 0.6 is 0 Å². The number of nitrogens with two attached hydrogens (primary N) is 1. The van der Waals surface area contributed by atoms with Gasteiger partial charge in [-0.05, 0) is 51.5 Å². The van der Waals surface area contributed by atoms with E-state index < -0.39 is 5.54 Å². The molecule has 0 aromatic heterocycles. The minimum atomic E-state index is -0.847. The summed E-state index contributed by atoms with van der Waals surface area (Å²) in [6.45, 7) is 3.86. The number of fused-ring (bicyclic) bond motifs is 1. The van der Waals surface area contributed by atoms with E-state index in [-0.39, 0.29) is 5.97 Å². The molecule has 4 heteroatoms. The Morgan fingerprint density at radius 3 is 2.83 bits per heavy atom. The van der Waals surface area contributed by atoms with Crippen molar-refractivity contribution in [2.75, 3.05) is 20.2 Å². The topological polar surface area (TPSA) is 55.6 Å². The van der Waals surface area contributed by atoms with Gasteiger partial charge in [0.1, 0.15) is 5.54 Å². The van der Waals surface area contributed by atoms with Crippen LogP contribution in [0.25, 0.3) is 0 Å². The number of carbonyl (C=O) groups is 1. The van der Waals surface area contributed by atoms with Gasteiger partial charge in [-0.25, -0.2) is 0 Å². The number of esters is 1. The van der Waals surface area contributed by atoms with Gasteiger partial charge in [-0.1, -0.05) is 6.42 Å². The summed E-state index contributed by atoms with van der Waals surface area (Å²) in [5.41, 5.74) is 5.18. The van der Waals surface area contributed by atoms with E-state index in [9.17, 15) is 4.79 Å². The third-order valence-corrected chi connectivity index (χ3v) is 4.68. The second kappa shape index (κ2) is 5.57. The summed E-state index contributed by atoms with van der Waals surface area (Å²) in [6, 6.07) is 0.743. The summed E-state index contributed by atoms with van der Waals surface area (Å²) in [5, 5.41) is 0. The van der Waals surface area contributed by atoms with Crippen molar-refractivity contribution in [2.45, 2.75) is 57.0 Å². The molecule has 3 unspecified atom stereocenters. The van der Waals surface area contributed by atoms with Crippen LogP contribution in [0.1, 0.15) is 45.4 Å². The van der Waals surface area contributed by atoms with Crippen LogP contribution in [0.3, 0.4) is 0 Å². The molecule has 104 valence electrons. The smallest absolute Gasteiger partial charge is 0.325 e. The van der Waals surface area contributed by atoms with Crippen LogP contribution < -0.4 is 5.73 Å². The third kappa shape index (κ3) is 2.86. The monoisotopic (exact) mass is 254 g/mol. The Labute approximate surface area is 110 Å². The molecule has 2 fully saturated rings. The average Bonchev–Trinajstić information content (AvgIpc) is 2.84. The molecule has 1 saturated heterocycles. The van der Waals surface area contributed by atoms with E-state index in [0.717, 1.165) is 18.5 Å². The largest absolute Gasteiger partial charge is 0.468 e. The molecule has 0 amide bonds. The van der Waals surface area contributed by atoms with Gasteiger partial charge in [-0.3, -0.25) is 4.79 Å². The number of carbonyl (C=O) groups excluding carboxylic acids is 1. The molecule has 1 saturated carbocycles. The van der Waals surface area contributed by atoms with Crippen LogP contribution in [0.15, 0.2) is 0 Å². The summed E-state index contributed by atoms with van der Waals surface area (Å²) in [6.07, 6.45) is 7.44. The lowest BCUT2D eigenvalue weighted by atomic mass is 9.90. The fourth-order valence-corrected chi connectivity index (χ4v) is 3.55. The Morgan fingerprint density at radius 1 is 1.39 bits per heavy atom. The lowest BCUT2D eigenvalue weighted by Gasteiger charge is -2.39. The molecular formula is C14H26N2O2. The van der Waals surface area contributed by atoms with Crippen LogP contribution in [-0.2, 0) is 9.53 Å². The van der Waals surface area contributed by atoms with E-state index in [1.54, 1.807) is 6.92 Å². The Hall–Kier alpha value is -0.610. The quantitative estimate of drug-likeness (QED) is 0.773. The minimum Gasteiger partial charge on any atom is -0.468 e. The fraction of sp³-hybridized carbons (Fsp3) is 0.929. The SMILES string of the molecule is COC(=O)C(C)(N)CCN1CCCC2CCCC21. The van der Waals surface area contributed by atoms with Crippen molar-refractivity contribution in [3.05, 3.63) is 0 Å². The molecule has 0 spiro atoms. The molecule has 2 aliphatic rings. The molecule has 0 aromatic carbocycles. The van der Waals surface area contributed by atoms with Gasteiger partial charge >= 0.3 is 5.97 Å². The zero-order valence-corrected chi connectivity index (χ0v) is 11.7. The van der Waals surface area contributed by atoms with Crippen molar-refractivity contribution in [1.82, 2.24) is 4.90 Å². The molecule has 1 heterocycles. The van der Waals surface area contributed by atoms with Crippen molar-refractivity contribution < 1.29 is 9.53 Å². The molecule has 0 aromatic rings. The van der Waals surface area contributed by atoms with Crippen molar-refractivity contribution >= 4 is 5.97 Å². The van der Waals surface area contributed by atoms with E-state index in [2.05, 4.69) is 4.90 Å². The number of methoxy groups -OCH3 is 1. The van der Waals surface area contributed by atoms with Gasteiger partial charge < -0.3 is 15.4 Å². The fourth-order valence-electron chi connectivity index (χ4n) is 3.55. The molecule has 3 atom stereocenters. The lowest BCUT2D eigenvalue weighted by molar-refractivity contribution is -0.146. The maximum atomic E-state index is 11.6. The molecule has 18 heavy (non-hydrogen) atoms. The summed E-state index contributed by atoms with van der Waals surface area (Å²) in [7, 11) is 1.40. The predicted octanol–water partition coefficient (Wildman–Crippen LogP) is 1.53. The molecular weight excluding hydrogens is 228 g/mol. The Morgan fingerprint density at radius 2 is 2.11 bits per heavy atom. The van der Waals surface area contributed by atoms with Gasteiger partial charge in [0.05, 0.1) is 7.11 Å². The van der Waals surface area contributed by atoms with Crippen molar-refractivity contribution in [1.29, 1.82) is 0 Å². The number of piperidine rings is 1. The summed E-state index contributed by atoms with van der Waals surface area (Å²) >= 11 is 0. The van der Waals surface area contributed by atoms with Crippen molar-refractivity contribution in [3.8, 4) is 0 Å². The van der Waals surface area contributed by atoms with Crippen LogP contribution in [0.4, 0.5) is 0 Å². The first-order chi connectivity index (χ1) is 8.54. The highest BCUT2D eigenvalue weighted by Gasteiger charge is 2.36. The van der Waals surface area contributed by atoms with E-state index in [4.69, 9.17) is 10.5 Å². The number of ether oxygens (including phenoxy) is 1. The zero-order chi connectivity index (χ0) is 13.2. The van der Waals surface area contributed by atoms with Gasteiger partial charge in [-0.15, -0.1) is 0 Å². The molecule has 4 nitrogen and oxygen atoms in total. The highest BCUT2D eigenvalue weighted by atomic mass is 16.5. The summed E-state index contributed by atoms with van der Waals surface area (Å²) < 4.78 is 4.76. The minimum absolute atomic E-state index is 0.303. The average molecular weight is 254 g/mol. The van der Waals surface area contributed by atoms with Crippen LogP contribution in [-0.4, -0.2) is 42.6 Å². The summed E-state index contributed by atoms with van der Waals surface area (Å²) in [5.74, 6) is 0.586. The van der Waals surface area contributed by atoms with E-state index in [1.807, 2.05) is 0 Å².